The van der Waals surface area contributed by atoms with E-state index in [0.717, 1.165) is 4.90 Å². The molecule has 0 saturated carbocycles. The fourth-order valence-electron chi connectivity index (χ4n) is 1.67. The van der Waals surface area contributed by atoms with Gasteiger partial charge in [-0.2, -0.15) is 0 Å². The van der Waals surface area contributed by atoms with Crippen molar-refractivity contribution in [3.8, 4) is 0 Å². The molecule has 1 saturated heterocycles. The summed E-state index contributed by atoms with van der Waals surface area (Å²) in [7, 11) is 0. The second-order valence-electron chi connectivity index (χ2n) is 4.14. The minimum absolute atomic E-state index is 0.0697. The Balaban J connectivity index is 2.71. The molecule has 2 N–H and O–H groups in total. The zero-order chi connectivity index (χ0) is 14.6. The fourth-order valence-corrected chi connectivity index (χ4v) is 1.67. The van der Waals surface area contributed by atoms with E-state index in [1.165, 1.54) is 11.8 Å². The number of likely N-dealkylation sites (N-methyl/N-ethyl adjacent to an activating group) is 1. The third kappa shape index (κ3) is 3.28. The lowest BCUT2D eigenvalue weighted by atomic mass is 10.2. The van der Waals surface area contributed by atoms with Crippen LogP contribution in [0.3, 0.4) is 0 Å². The van der Waals surface area contributed by atoms with Crippen molar-refractivity contribution in [2.24, 2.45) is 0 Å². The van der Waals surface area contributed by atoms with Crippen molar-refractivity contribution in [2.45, 2.75) is 19.9 Å². The first-order valence-corrected chi connectivity index (χ1v) is 5.94. The van der Waals surface area contributed by atoms with Crippen LogP contribution in [0.2, 0.25) is 0 Å². The lowest BCUT2D eigenvalue weighted by molar-refractivity contribution is -0.153. The maximum atomic E-state index is 11.8. The van der Waals surface area contributed by atoms with Crippen LogP contribution >= 0.6 is 0 Å². The van der Waals surface area contributed by atoms with Crippen molar-refractivity contribution in [1.29, 1.82) is 0 Å². The molecule has 0 spiro atoms. The number of ketones is 1. The molecule has 0 aromatic heterocycles. The number of hydrogen-bond donors (Lipinski definition) is 2. The minimum atomic E-state index is -1.07. The number of nitrogens with one attached hydrogen (secondary N) is 1. The maximum Gasteiger partial charge on any atom is 0.325 e. The summed E-state index contributed by atoms with van der Waals surface area (Å²) in [6.07, 6.45) is 0. The van der Waals surface area contributed by atoms with Gasteiger partial charge in [0.2, 0.25) is 0 Å². The van der Waals surface area contributed by atoms with Crippen LogP contribution in [0.1, 0.15) is 13.8 Å². The minimum Gasteiger partial charge on any atom is -0.394 e. The van der Waals surface area contributed by atoms with Gasteiger partial charge in [0.1, 0.15) is 6.04 Å². The second-order valence-corrected chi connectivity index (χ2v) is 4.14. The van der Waals surface area contributed by atoms with Gasteiger partial charge in [0.05, 0.1) is 6.61 Å². The number of aliphatic hydroxyl groups is 1. The van der Waals surface area contributed by atoms with E-state index in [-0.39, 0.29) is 13.1 Å². The van der Waals surface area contributed by atoms with Gasteiger partial charge < -0.3 is 15.3 Å². The SMILES string of the molecule is CCN1CCN(C(=O)N[C@H](CO)C(C)=O)C(=O)C1=O. The first kappa shape index (κ1) is 15.1. The van der Waals surface area contributed by atoms with Crippen LogP contribution in [0, 0.1) is 0 Å². The van der Waals surface area contributed by atoms with Crippen molar-refractivity contribution >= 4 is 23.6 Å². The predicted molar refractivity (Wildman–Crippen MR) is 64.1 cm³/mol. The number of aliphatic hydroxyl groups excluding tert-OH is 1. The third-order valence-electron chi connectivity index (χ3n) is 2.91. The van der Waals surface area contributed by atoms with Crippen molar-refractivity contribution in [1.82, 2.24) is 15.1 Å². The van der Waals surface area contributed by atoms with Gasteiger partial charge in [-0.15, -0.1) is 0 Å². The average molecular weight is 271 g/mol. The number of nitrogens with zero attached hydrogens (tertiary/aromatic N) is 2. The Morgan fingerprint density at radius 2 is 1.95 bits per heavy atom. The first-order valence-electron chi connectivity index (χ1n) is 5.94. The van der Waals surface area contributed by atoms with Gasteiger partial charge in [-0.1, -0.05) is 0 Å². The van der Waals surface area contributed by atoms with Gasteiger partial charge in [-0.3, -0.25) is 19.3 Å². The normalized spacial score (nSPS) is 17.4. The Bertz CT molecular complexity index is 409. The summed E-state index contributed by atoms with van der Waals surface area (Å²) in [4.78, 5) is 48.3. The zero-order valence-electron chi connectivity index (χ0n) is 10.9. The highest BCUT2D eigenvalue weighted by atomic mass is 16.3. The zero-order valence-corrected chi connectivity index (χ0v) is 10.9. The summed E-state index contributed by atoms with van der Waals surface area (Å²) in [5, 5.41) is 11.1. The smallest absolute Gasteiger partial charge is 0.325 e. The second kappa shape index (κ2) is 6.28. The quantitative estimate of drug-likeness (QED) is 0.595. The van der Waals surface area contributed by atoms with Crippen LogP contribution in [-0.2, 0) is 14.4 Å². The predicted octanol–water partition coefficient (Wildman–Crippen LogP) is -1.66. The van der Waals surface area contributed by atoms with E-state index in [1.807, 2.05) is 0 Å². The molecule has 1 rings (SSSR count). The number of rotatable bonds is 4. The fraction of sp³-hybridized carbons (Fsp3) is 0.636. The monoisotopic (exact) mass is 271 g/mol. The molecule has 1 aliphatic heterocycles. The van der Waals surface area contributed by atoms with E-state index in [4.69, 9.17) is 5.11 Å². The van der Waals surface area contributed by atoms with Crippen LogP contribution in [0.25, 0.3) is 0 Å². The van der Waals surface area contributed by atoms with Crippen molar-refractivity contribution in [3.63, 3.8) is 0 Å². The van der Waals surface area contributed by atoms with Gasteiger partial charge in [-0.25, -0.2) is 4.79 Å². The Kier molecular flexibility index (Phi) is 4.99. The molecule has 4 amide bonds. The lowest BCUT2D eigenvalue weighted by Gasteiger charge is -2.32. The highest BCUT2D eigenvalue weighted by Gasteiger charge is 2.36. The lowest BCUT2D eigenvalue weighted by Crippen LogP contribution is -2.60. The Hall–Kier alpha value is -1.96. The molecule has 1 heterocycles. The van der Waals surface area contributed by atoms with Crippen molar-refractivity contribution < 1.29 is 24.3 Å². The molecular weight excluding hydrogens is 254 g/mol. The molecule has 0 bridgehead atoms. The number of Topliss-reactive ketones (excluding diaryl/α,β-unsaturated/α-hetero) is 1. The number of piperazine rings is 1. The number of amides is 4. The van der Waals surface area contributed by atoms with E-state index in [0.29, 0.717) is 6.54 Å². The topological polar surface area (TPSA) is 107 Å². The van der Waals surface area contributed by atoms with Crippen LogP contribution in [0.5, 0.6) is 0 Å². The highest BCUT2D eigenvalue weighted by molar-refractivity contribution is 6.38. The molecule has 1 fully saturated rings. The van der Waals surface area contributed by atoms with E-state index in [9.17, 15) is 19.2 Å². The van der Waals surface area contributed by atoms with Gasteiger partial charge in [0, 0.05) is 19.6 Å². The maximum absolute atomic E-state index is 11.8. The molecule has 0 aromatic carbocycles. The standard InChI is InChI=1S/C11H17N3O5/c1-3-13-4-5-14(10(18)9(13)17)11(19)12-8(6-15)7(2)16/h8,15H,3-6H2,1-2H3,(H,12,19)/t8-/m1/s1. The van der Waals surface area contributed by atoms with Gasteiger partial charge >= 0.3 is 17.8 Å². The molecule has 0 radical (unpaired) electrons. The third-order valence-corrected chi connectivity index (χ3v) is 2.91. The van der Waals surface area contributed by atoms with E-state index in [1.54, 1.807) is 6.92 Å². The van der Waals surface area contributed by atoms with Crippen molar-refractivity contribution in [2.75, 3.05) is 26.2 Å². The van der Waals surface area contributed by atoms with E-state index >= 15 is 0 Å². The van der Waals surface area contributed by atoms with Crippen LogP contribution in [0.4, 0.5) is 4.79 Å². The molecule has 8 nitrogen and oxygen atoms in total. The number of carbonyl (C=O) groups is 4. The van der Waals surface area contributed by atoms with Gasteiger partial charge in [0.15, 0.2) is 5.78 Å². The molecule has 106 valence electrons. The number of imide groups is 1. The summed E-state index contributed by atoms with van der Waals surface area (Å²) >= 11 is 0. The summed E-state index contributed by atoms with van der Waals surface area (Å²) in [5.41, 5.74) is 0. The molecule has 1 aliphatic rings. The highest BCUT2D eigenvalue weighted by Crippen LogP contribution is 2.05. The summed E-state index contributed by atoms with van der Waals surface area (Å²) < 4.78 is 0. The van der Waals surface area contributed by atoms with Crippen LogP contribution in [-0.4, -0.2) is 70.8 Å². The number of carbonyl (C=O) groups excluding carboxylic acids is 4. The number of urea groups is 1. The molecule has 8 heteroatoms. The summed E-state index contributed by atoms with van der Waals surface area (Å²) in [6, 6.07) is -1.91. The largest absolute Gasteiger partial charge is 0.394 e. The van der Waals surface area contributed by atoms with Crippen LogP contribution in [0.15, 0.2) is 0 Å². The number of hydrogen-bond acceptors (Lipinski definition) is 5. The molecule has 0 aromatic rings. The Labute approximate surface area is 110 Å². The summed E-state index contributed by atoms with van der Waals surface area (Å²) in [5.74, 6) is -2.10. The van der Waals surface area contributed by atoms with E-state index < -0.39 is 36.3 Å². The Morgan fingerprint density at radius 3 is 2.42 bits per heavy atom. The molecular formula is C11H17N3O5. The van der Waals surface area contributed by atoms with Crippen molar-refractivity contribution in [3.05, 3.63) is 0 Å². The van der Waals surface area contributed by atoms with Gasteiger partial charge in [0.25, 0.3) is 0 Å². The Morgan fingerprint density at radius 1 is 1.32 bits per heavy atom. The molecule has 0 unspecified atom stereocenters. The van der Waals surface area contributed by atoms with Gasteiger partial charge in [-0.05, 0) is 13.8 Å². The molecule has 19 heavy (non-hydrogen) atoms. The summed E-state index contributed by atoms with van der Waals surface area (Å²) in [6.45, 7) is 3.12. The first-order chi connectivity index (χ1) is 8.92. The van der Waals surface area contributed by atoms with Crippen LogP contribution < -0.4 is 5.32 Å². The van der Waals surface area contributed by atoms with E-state index in [2.05, 4.69) is 5.32 Å². The average Bonchev–Trinajstić information content (AvgIpc) is 2.38. The molecule has 0 aliphatic carbocycles. The molecule has 1 atom stereocenters.